The molecule has 0 aliphatic rings. The lowest BCUT2D eigenvalue weighted by atomic mass is 10.2. The van der Waals surface area contributed by atoms with E-state index in [2.05, 4.69) is 37.0 Å². The Balaban J connectivity index is 0.00000199. The lowest BCUT2D eigenvalue weighted by Gasteiger charge is -2.08. The van der Waals surface area contributed by atoms with E-state index in [-0.39, 0.29) is 11.6 Å². The first-order valence-corrected chi connectivity index (χ1v) is 10.2. The number of rotatable bonds is 8. The molecule has 11 heteroatoms. The first-order valence-electron chi connectivity index (χ1n) is 10.2. The summed E-state index contributed by atoms with van der Waals surface area (Å²) >= 11 is 0. The summed E-state index contributed by atoms with van der Waals surface area (Å²) in [7, 11) is 1.49. The van der Waals surface area contributed by atoms with Crippen LogP contribution >= 0.6 is 0 Å². The van der Waals surface area contributed by atoms with Crippen LogP contribution in [0.2, 0.25) is 0 Å². The molecule has 0 bridgehead atoms. The zero-order valence-corrected chi connectivity index (χ0v) is 19.1. The average Bonchev–Trinajstić information content (AvgIpc) is 3.31. The number of hydrogen-bond donors (Lipinski definition) is 2. The molecule has 0 saturated carbocycles. The van der Waals surface area contributed by atoms with E-state index in [1.807, 2.05) is 13.8 Å². The van der Waals surface area contributed by atoms with Gasteiger partial charge in [-0.15, -0.1) is 5.10 Å². The van der Waals surface area contributed by atoms with Crippen LogP contribution in [0.15, 0.2) is 67.2 Å². The van der Waals surface area contributed by atoms with Crippen LogP contribution in [-0.4, -0.2) is 32.3 Å². The number of ether oxygens (including phenoxy) is 2. The molecule has 0 fully saturated rings. The Morgan fingerprint density at radius 2 is 1.85 bits per heavy atom. The van der Waals surface area contributed by atoms with E-state index in [1.54, 1.807) is 25.2 Å². The predicted octanol–water partition coefficient (Wildman–Crippen LogP) is 5.94. The molecular formula is C23H25F3N6O2. The largest absolute Gasteiger partial charge is 0.481 e. The maximum Gasteiger partial charge on any atom is 0.416 e. The minimum atomic E-state index is -4.44. The molecule has 0 atom stereocenters. The zero-order chi connectivity index (χ0) is 25.1. The van der Waals surface area contributed by atoms with Crippen LogP contribution < -0.4 is 14.8 Å². The maximum absolute atomic E-state index is 12.9. The van der Waals surface area contributed by atoms with Crippen LogP contribution in [0.1, 0.15) is 32.2 Å². The monoisotopic (exact) mass is 474 g/mol. The second kappa shape index (κ2) is 12.2. The average molecular weight is 474 g/mol. The molecule has 2 N–H and O–H groups in total. The fourth-order valence-corrected chi connectivity index (χ4v) is 2.43. The van der Waals surface area contributed by atoms with Crippen LogP contribution in [0.4, 0.5) is 24.8 Å². The molecule has 180 valence electrons. The Morgan fingerprint density at radius 1 is 1.12 bits per heavy atom. The molecular weight excluding hydrogens is 449 g/mol. The normalized spacial score (nSPS) is 11.6. The molecule has 2 heterocycles. The number of hydrogen-bond acceptors (Lipinski definition) is 7. The van der Waals surface area contributed by atoms with Crippen molar-refractivity contribution in [2.45, 2.75) is 26.9 Å². The molecule has 0 amide bonds. The van der Waals surface area contributed by atoms with Gasteiger partial charge in [0.1, 0.15) is 12.1 Å². The van der Waals surface area contributed by atoms with Crippen molar-refractivity contribution in [2.75, 3.05) is 12.4 Å². The number of halogens is 3. The molecule has 0 saturated heterocycles. The molecule has 34 heavy (non-hydrogen) atoms. The number of nitrogens with zero attached hydrogens (tertiary/aromatic N) is 4. The summed E-state index contributed by atoms with van der Waals surface area (Å²) in [5, 5.41) is 9.37. The molecule has 0 spiro atoms. The third kappa shape index (κ3) is 7.47. The summed E-state index contributed by atoms with van der Waals surface area (Å²) < 4.78 is 49.3. The maximum atomic E-state index is 12.9. The molecule has 8 nitrogen and oxygen atoms in total. The van der Waals surface area contributed by atoms with Crippen LogP contribution in [0.5, 0.6) is 11.8 Å². The van der Waals surface area contributed by atoms with Crippen LogP contribution in [0.3, 0.4) is 0 Å². The van der Waals surface area contributed by atoms with Gasteiger partial charge >= 0.3 is 6.18 Å². The quantitative estimate of drug-likeness (QED) is 0.308. The van der Waals surface area contributed by atoms with E-state index < -0.39 is 11.7 Å². The van der Waals surface area contributed by atoms with Gasteiger partial charge in [0.2, 0.25) is 17.7 Å². The number of aromatic nitrogens is 5. The smallest absolute Gasteiger partial charge is 0.416 e. The van der Waals surface area contributed by atoms with E-state index in [9.17, 15) is 13.2 Å². The fraction of sp³-hybridized carbons (Fsp3) is 0.217. The lowest BCUT2D eigenvalue weighted by molar-refractivity contribution is -0.137. The molecule has 3 aromatic rings. The number of anilines is 2. The van der Waals surface area contributed by atoms with Crippen molar-refractivity contribution in [3.63, 3.8) is 0 Å². The van der Waals surface area contributed by atoms with Gasteiger partial charge < -0.3 is 14.8 Å². The predicted molar refractivity (Wildman–Crippen MR) is 124 cm³/mol. The number of aromatic amines is 1. The van der Waals surface area contributed by atoms with Crippen molar-refractivity contribution >= 4 is 17.2 Å². The summed E-state index contributed by atoms with van der Waals surface area (Å²) in [6.45, 7) is 9.69. The van der Waals surface area contributed by atoms with Crippen molar-refractivity contribution < 1.29 is 22.6 Å². The first-order chi connectivity index (χ1) is 16.3. The Kier molecular flexibility index (Phi) is 9.36. The molecule has 0 unspecified atom stereocenters. The highest BCUT2D eigenvalue weighted by atomic mass is 19.4. The second-order valence-electron chi connectivity index (χ2n) is 6.26. The highest BCUT2D eigenvalue weighted by Gasteiger charge is 2.30. The number of methoxy groups -OCH3 is 1. The van der Waals surface area contributed by atoms with Crippen molar-refractivity contribution in [3.05, 3.63) is 78.6 Å². The minimum Gasteiger partial charge on any atom is -0.481 e. The van der Waals surface area contributed by atoms with Gasteiger partial charge in [-0.05, 0) is 43.4 Å². The topological polar surface area (TPSA) is 97.8 Å². The third-order valence-electron chi connectivity index (χ3n) is 4.02. The number of H-pyrrole nitrogens is 1. The molecule has 0 aliphatic heterocycles. The molecule has 0 aliphatic carbocycles. The van der Waals surface area contributed by atoms with Gasteiger partial charge in [-0.25, -0.2) is 9.97 Å². The van der Waals surface area contributed by atoms with Crippen molar-refractivity contribution in [1.29, 1.82) is 0 Å². The third-order valence-corrected chi connectivity index (χ3v) is 4.02. The van der Waals surface area contributed by atoms with Crippen molar-refractivity contribution in [2.24, 2.45) is 0 Å². The summed E-state index contributed by atoms with van der Waals surface area (Å²) in [5.41, 5.74) is -0.0972. The standard InChI is InChI=1S/C21H19F3N6O2.C2H6/c1-4-16(32-18-11-17(31-3)25-12-26-18)9-8-13(2)19-28-20(30-29-19)27-15-7-5-6-14(10-15)21(22,23)24;1-2/h4-12H,2H2,1,3H3,(H2,27,28,29,30);1-2H3/b9-8-,16-4+;. The lowest BCUT2D eigenvalue weighted by Crippen LogP contribution is -2.05. The van der Waals surface area contributed by atoms with E-state index in [4.69, 9.17) is 9.47 Å². The van der Waals surface area contributed by atoms with Crippen LogP contribution in [-0.2, 0) is 6.18 Å². The Labute approximate surface area is 195 Å². The number of alkyl halides is 3. The van der Waals surface area contributed by atoms with E-state index in [0.29, 0.717) is 28.9 Å². The van der Waals surface area contributed by atoms with Gasteiger partial charge in [-0.1, -0.05) is 26.5 Å². The van der Waals surface area contributed by atoms with E-state index in [1.165, 1.54) is 31.6 Å². The van der Waals surface area contributed by atoms with Gasteiger partial charge in [0, 0.05) is 11.3 Å². The number of allylic oxidation sites excluding steroid dienone is 4. The minimum absolute atomic E-state index is 0.101. The highest BCUT2D eigenvalue weighted by molar-refractivity contribution is 5.68. The van der Waals surface area contributed by atoms with E-state index in [0.717, 1.165) is 12.1 Å². The first kappa shape index (κ1) is 26.1. The molecule has 1 aromatic carbocycles. The van der Waals surface area contributed by atoms with E-state index >= 15 is 0 Å². The van der Waals surface area contributed by atoms with Crippen LogP contribution in [0, 0.1) is 0 Å². The number of benzene rings is 1. The van der Waals surface area contributed by atoms with Crippen molar-refractivity contribution in [1.82, 2.24) is 25.1 Å². The Bertz CT molecular complexity index is 1160. The molecule has 0 radical (unpaired) electrons. The Morgan fingerprint density at radius 3 is 2.53 bits per heavy atom. The van der Waals surface area contributed by atoms with Gasteiger partial charge in [-0.2, -0.15) is 18.2 Å². The fourth-order valence-electron chi connectivity index (χ4n) is 2.43. The van der Waals surface area contributed by atoms with Gasteiger partial charge in [0.15, 0.2) is 5.82 Å². The van der Waals surface area contributed by atoms with Crippen LogP contribution in [0.25, 0.3) is 5.57 Å². The van der Waals surface area contributed by atoms with Gasteiger partial charge in [-0.3, -0.25) is 5.10 Å². The summed E-state index contributed by atoms with van der Waals surface area (Å²) in [6, 6.07) is 6.28. The van der Waals surface area contributed by atoms with Gasteiger partial charge in [0.25, 0.3) is 0 Å². The van der Waals surface area contributed by atoms with Gasteiger partial charge in [0.05, 0.1) is 18.7 Å². The zero-order valence-electron chi connectivity index (χ0n) is 19.1. The highest BCUT2D eigenvalue weighted by Crippen LogP contribution is 2.31. The SMILES string of the molecule is C=C(/C=C\C(=C/C)Oc1cc(OC)ncn1)c1nc(Nc2cccc(C(F)(F)F)c2)n[nH]1.CC. The second-order valence-corrected chi connectivity index (χ2v) is 6.26. The Hall–Kier alpha value is -4.15. The molecule has 2 aromatic heterocycles. The summed E-state index contributed by atoms with van der Waals surface area (Å²) in [5.74, 6) is 1.57. The molecule has 3 rings (SSSR count). The summed E-state index contributed by atoms with van der Waals surface area (Å²) in [4.78, 5) is 12.1. The number of nitrogens with one attached hydrogen (secondary N) is 2. The van der Waals surface area contributed by atoms with Crippen molar-refractivity contribution in [3.8, 4) is 11.8 Å². The summed E-state index contributed by atoms with van der Waals surface area (Å²) in [6.07, 6.45) is 1.89.